The van der Waals surface area contributed by atoms with Gasteiger partial charge in [-0.1, -0.05) is 60.7 Å². The van der Waals surface area contributed by atoms with Crippen LogP contribution in [0.4, 0.5) is 0 Å². The third-order valence-corrected chi connectivity index (χ3v) is 4.04. The largest absolute Gasteiger partial charge is 0.376 e. The minimum Gasteiger partial charge on any atom is -0.376 e. The van der Waals surface area contributed by atoms with Crippen molar-refractivity contribution < 1.29 is 4.74 Å². The van der Waals surface area contributed by atoms with Gasteiger partial charge in [-0.2, -0.15) is 0 Å². The van der Waals surface area contributed by atoms with E-state index in [1.54, 1.807) is 0 Å². The van der Waals surface area contributed by atoms with Gasteiger partial charge in [-0.3, -0.25) is 0 Å². The number of benzene rings is 2. The van der Waals surface area contributed by atoms with Crippen LogP contribution >= 0.6 is 0 Å². The van der Waals surface area contributed by atoms with E-state index < -0.39 is 0 Å². The summed E-state index contributed by atoms with van der Waals surface area (Å²) < 4.78 is 6.04. The summed E-state index contributed by atoms with van der Waals surface area (Å²) in [4.78, 5) is 0. The predicted molar refractivity (Wildman–Crippen MR) is 81.7 cm³/mol. The number of hydrogen-bond donors (Lipinski definition) is 1. The molecular weight excluding hydrogens is 246 g/mol. The van der Waals surface area contributed by atoms with Crippen molar-refractivity contribution in [3.05, 3.63) is 71.8 Å². The average Bonchev–Trinajstić information content (AvgIpc) is 2.52. The molecule has 1 aliphatic rings. The maximum Gasteiger partial charge on any atom is 0.0685 e. The Morgan fingerprint density at radius 2 is 1.40 bits per heavy atom. The molecule has 2 aromatic carbocycles. The summed E-state index contributed by atoms with van der Waals surface area (Å²) in [5, 5.41) is 0. The minimum absolute atomic E-state index is 0.193. The topological polar surface area (TPSA) is 35.2 Å². The molecule has 1 fully saturated rings. The lowest BCUT2D eigenvalue weighted by Gasteiger charge is -2.33. The van der Waals surface area contributed by atoms with Crippen molar-refractivity contribution in [3.8, 4) is 0 Å². The summed E-state index contributed by atoms with van der Waals surface area (Å²) in [5.41, 5.74) is 8.59. The van der Waals surface area contributed by atoms with Gasteiger partial charge in [0.05, 0.1) is 12.7 Å². The summed E-state index contributed by atoms with van der Waals surface area (Å²) >= 11 is 0. The Kier molecular flexibility index (Phi) is 4.14. The first-order chi connectivity index (χ1) is 9.84. The fourth-order valence-corrected chi connectivity index (χ4v) is 3.00. The fraction of sp³-hybridized carbons (Fsp3) is 0.333. The second-order valence-electron chi connectivity index (χ2n) is 5.51. The monoisotopic (exact) mass is 267 g/mol. The van der Waals surface area contributed by atoms with Crippen molar-refractivity contribution in [1.82, 2.24) is 0 Å². The van der Waals surface area contributed by atoms with Crippen LogP contribution in [-0.4, -0.2) is 18.8 Å². The Morgan fingerprint density at radius 1 is 0.850 bits per heavy atom. The third kappa shape index (κ3) is 2.92. The second-order valence-corrected chi connectivity index (χ2v) is 5.51. The predicted octanol–water partition coefficient (Wildman–Crippen LogP) is 3.32. The van der Waals surface area contributed by atoms with Crippen molar-refractivity contribution in [2.45, 2.75) is 30.9 Å². The molecule has 3 rings (SSSR count). The molecule has 2 nitrogen and oxygen atoms in total. The third-order valence-electron chi connectivity index (χ3n) is 4.04. The van der Waals surface area contributed by atoms with Crippen LogP contribution in [0, 0.1) is 0 Å². The van der Waals surface area contributed by atoms with Gasteiger partial charge in [0, 0.05) is 12.0 Å². The molecule has 1 saturated heterocycles. The summed E-state index contributed by atoms with van der Waals surface area (Å²) in [5.74, 6) is 0.296. The molecule has 0 saturated carbocycles. The first-order valence-electron chi connectivity index (χ1n) is 7.31. The van der Waals surface area contributed by atoms with Crippen LogP contribution in [0.2, 0.25) is 0 Å². The van der Waals surface area contributed by atoms with Gasteiger partial charge >= 0.3 is 0 Å². The molecule has 104 valence electrons. The first kappa shape index (κ1) is 13.3. The van der Waals surface area contributed by atoms with Gasteiger partial charge in [0.1, 0.15) is 0 Å². The molecule has 0 spiro atoms. The van der Waals surface area contributed by atoms with E-state index in [2.05, 4.69) is 60.7 Å². The maximum atomic E-state index is 6.04. The Labute approximate surface area is 120 Å². The Bertz CT molecular complexity index is 478. The Balaban J connectivity index is 1.92. The Hall–Kier alpha value is -1.64. The zero-order valence-corrected chi connectivity index (χ0v) is 11.6. The molecule has 0 bridgehead atoms. The molecule has 20 heavy (non-hydrogen) atoms. The van der Waals surface area contributed by atoms with Gasteiger partial charge in [0.2, 0.25) is 0 Å². The number of rotatable bonds is 3. The van der Waals surface area contributed by atoms with Crippen LogP contribution in [-0.2, 0) is 4.74 Å². The van der Waals surface area contributed by atoms with Crippen LogP contribution in [0.25, 0.3) is 0 Å². The average molecular weight is 267 g/mol. The zero-order chi connectivity index (χ0) is 13.8. The second kappa shape index (κ2) is 6.21. The van der Waals surface area contributed by atoms with Crippen molar-refractivity contribution >= 4 is 0 Å². The summed E-state index contributed by atoms with van der Waals surface area (Å²) in [6.45, 7) is 0.667. The lowest BCUT2D eigenvalue weighted by Crippen LogP contribution is -2.38. The molecule has 1 aliphatic heterocycles. The van der Waals surface area contributed by atoms with Crippen LogP contribution in [0.3, 0.4) is 0 Å². The van der Waals surface area contributed by atoms with E-state index in [4.69, 9.17) is 10.5 Å². The fourth-order valence-electron chi connectivity index (χ4n) is 3.00. The van der Waals surface area contributed by atoms with Crippen molar-refractivity contribution in [2.75, 3.05) is 6.61 Å². The molecule has 1 heterocycles. The molecular formula is C18H21NO. The van der Waals surface area contributed by atoms with E-state index in [0.29, 0.717) is 12.5 Å². The molecule has 0 radical (unpaired) electrons. The lowest BCUT2D eigenvalue weighted by molar-refractivity contribution is -0.00374. The summed E-state index contributed by atoms with van der Waals surface area (Å²) in [7, 11) is 0. The van der Waals surface area contributed by atoms with Gasteiger partial charge < -0.3 is 10.5 Å². The number of nitrogens with two attached hydrogens (primary N) is 1. The maximum absolute atomic E-state index is 6.04. The molecule has 0 unspecified atom stereocenters. The molecule has 2 atom stereocenters. The standard InChI is InChI=1S/C18H21NO/c19-16-11-12-17(20-13-16)18(14-7-3-1-4-8-14)15-9-5-2-6-10-15/h1-10,16-18H,11-13,19H2/t16-,17+/m0/s1. The summed E-state index contributed by atoms with van der Waals surface area (Å²) in [6, 6.07) is 21.5. The molecule has 2 heteroatoms. The SMILES string of the molecule is N[C@H]1CC[C@H](C(c2ccccc2)c2ccccc2)OC1. The van der Waals surface area contributed by atoms with Gasteiger partial charge in [-0.25, -0.2) is 0 Å². The van der Waals surface area contributed by atoms with Gasteiger partial charge in [-0.15, -0.1) is 0 Å². The van der Waals surface area contributed by atoms with Gasteiger partial charge in [0.25, 0.3) is 0 Å². The smallest absolute Gasteiger partial charge is 0.0685 e. The van der Waals surface area contributed by atoms with Crippen LogP contribution in [0.15, 0.2) is 60.7 Å². The van der Waals surface area contributed by atoms with E-state index >= 15 is 0 Å². The van der Waals surface area contributed by atoms with Crippen molar-refractivity contribution in [3.63, 3.8) is 0 Å². The highest BCUT2D eigenvalue weighted by Crippen LogP contribution is 2.33. The van der Waals surface area contributed by atoms with Gasteiger partial charge in [0.15, 0.2) is 0 Å². The summed E-state index contributed by atoms with van der Waals surface area (Å²) in [6.07, 6.45) is 2.29. The highest BCUT2D eigenvalue weighted by molar-refractivity contribution is 5.34. The number of ether oxygens (including phenoxy) is 1. The molecule has 0 amide bonds. The molecule has 0 aromatic heterocycles. The van der Waals surface area contributed by atoms with Crippen LogP contribution in [0.1, 0.15) is 29.9 Å². The molecule has 2 aromatic rings. The lowest BCUT2D eigenvalue weighted by atomic mass is 9.83. The van der Waals surface area contributed by atoms with E-state index in [1.165, 1.54) is 11.1 Å². The molecule has 0 aliphatic carbocycles. The highest BCUT2D eigenvalue weighted by Gasteiger charge is 2.29. The quantitative estimate of drug-likeness (QED) is 0.926. The first-order valence-corrected chi connectivity index (χ1v) is 7.31. The van der Waals surface area contributed by atoms with Crippen molar-refractivity contribution in [1.29, 1.82) is 0 Å². The van der Waals surface area contributed by atoms with Crippen LogP contribution < -0.4 is 5.73 Å². The van der Waals surface area contributed by atoms with E-state index in [1.807, 2.05) is 0 Å². The zero-order valence-electron chi connectivity index (χ0n) is 11.6. The van der Waals surface area contributed by atoms with Gasteiger partial charge in [-0.05, 0) is 24.0 Å². The Morgan fingerprint density at radius 3 is 1.85 bits per heavy atom. The normalized spacial score (nSPS) is 22.9. The number of hydrogen-bond acceptors (Lipinski definition) is 2. The minimum atomic E-state index is 0.193. The van der Waals surface area contributed by atoms with Crippen molar-refractivity contribution in [2.24, 2.45) is 5.73 Å². The highest BCUT2D eigenvalue weighted by atomic mass is 16.5. The van der Waals surface area contributed by atoms with Crippen LogP contribution in [0.5, 0.6) is 0 Å². The van der Waals surface area contributed by atoms with E-state index in [-0.39, 0.29) is 12.1 Å². The van der Waals surface area contributed by atoms with E-state index in [0.717, 1.165) is 12.8 Å². The molecule has 2 N–H and O–H groups in total. The van der Waals surface area contributed by atoms with E-state index in [9.17, 15) is 0 Å².